The average Bonchev–Trinajstić information content (AvgIpc) is 2.60. The summed E-state index contributed by atoms with van der Waals surface area (Å²) in [7, 11) is 0. The van der Waals surface area contributed by atoms with E-state index in [1.807, 2.05) is 68.4 Å². The van der Waals surface area contributed by atoms with E-state index in [1.165, 1.54) is 0 Å². The molecule has 0 aliphatic heterocycles. The summed E-state index contributed by atoms with van der Waals surface area (Å²) in [6, 6.07) is 17.7. The Kier molecular flexibility index (Phi) is 6.82. The maximum absolute atomic E-state index is 12.3. The highest BCUT2D eigenvalue weighted by Gasteiger charge is 2.17. The second-order valence-electron chi connectivity index (χ2n) is 5.93. The molecule has 1 amide bonds. The highest BCUT2D eigenvalue weighted by Crippen LogP contribution is 2.24. The van der Waals surface area contributed by atoms with E-state index in [2.05, 4.69) is 5.32 Å². The number of rotatable bonds is 8. The van der Waals surface area contributed by atoms with Gasteiger partial charge in [0.15, 0.2) is 0 Å². The summed E-state index contributed by atoms with van der Waals surface area (Å²) < 4.78 is 5.49. The lowest BCUT2D eigenvalue weighted by Crippen LogP contribution is -2.30. The van der Waals surface area contributed by atoms with Gasteiger partial charge in [0.2, 0.25) is 5.91 Å². The standard InChI is InChI=1S/C20H26N2O2/c1-3-24-18-12-10-17(11-13-18)20(16-7-5-4-6-8-16)22-19(23)14-9-15(2)21/h4-8,10-13,15,20H,3,9,14,21H2,1-2H3,(H,22,23). The number of ether oxygens (including phenoxy) is 1. The van der Waals surface area contributed by atoms with Crippen molar-refractivity contribution in [3.63, 3.8) is 0 Å². The number of hydrogen-bond acceptors (Lipinski definition) is 3. The normalized spacial score (nSPS) is 13.1. The van der Waals surface area contributed by atoms with Crippen molar-refractivity contribution in [2.75, 3.05) is 6.61 Å². The van der Waals surface area contributed by atoms with Gasteiger partial charge in [-0.1, -0.05) is 42.5 Å². The number of nitrogens with two attached hydrogens (primary N) is 1. The fourth-order valence-electron chi connectivity index (χ4n) is 2.52. The van der Waals surface area contributed by atoms with Crippen molar-refractivity contribution in [1.29, 1.82) is 0 Å². The van der Waals surface area contributed by atoms with Crippen molar-refractivity contribution < 1.29 is 9.53 Å². The number of carbonyl (C=O) groups is 1. The second-order valence-corrected chi connectivity index (χ2v) is 5.93. The van der Waals surface area contributed by atoms with Crippen LogP contribution in [0.15, 0.2) is 54.6 Å². The van der Waals surface area contributed by atoms with Crippen LogP contribution >= 0.6 is 0 Å². The molecule has 2 atom stereocenters. The van der Waals surface area contributed by atoms with Crippen LogP contribution in [-0.2, 0) is 4.79 Å². The first kappa shape index (κ1) is 18.0. The van der Waals surface area contributed by atoms with Crippen molar-refractivity contribution in [2.45, 2.75) is 38.8 Å². The van der Waals surface area contributed by atoms with Gasteiger partial charge < -0.3 is 15.8 Å². The van der Waals surface area contributed by atoms with Gasteiger partial charge in [-0.05, 0) is 43.5 Å². The van der Waals surface area contributed by atoms with Crippen LogP contribution in [0, 0.1) is 0 Å². The molecule has 2 aromatic rings. The summed E-state index contributed by atoms with van der Waals surface area (Å²) in [6.07, 6.45) is 1.11. The van der Waals surface area contributed by atoms with Gasteiger partial charge in [0, 0.05) is 12.5 Å². The Morgan fingerprint density at radius 2 is 1.71 bits per heavy atom. The van der Waals surface area contributed by atoms with Gasteiger partial charge in [0.25, 0.3) is 0 Å². The highest BCUT2D eigenvalue weighted by atomic mass is 16.5. The Balaban J connectivity index is 2.18. The number of carbonyl (C=O) groups excluding carboxylic acids is 1. The molecular formula is C20H26N2O2. The van der Waals surface area contributed by atoms with Crippen LogP contribution in [0.25, 0.3) is 0 Å². The molecular weight excluding hydrogens is 300 g/mol. The lowest BCUT2D eigenvalue weighted by Gasteiger charge is -2.20. The summed E-state index contributed by atoms with van der Waals surface area (Å²) >= 11 is 0. The van der Waals surface area contributed by atoms with Gasteiger partial charge in [0.05, 0.1) is 12.6 Å². The molecule has 0 fully saturated rings. The molecule has 128 valence electrons. The average molecular weight is 326 g/mol. The minimum atomic E-state index is -0.178. The number of hydrogen-bond donors (Lipinski definition) is 2. The minimum absolute atomic E-state index is 0.00929. The molecule has 4 nitrogen and oxygen atoms in total. The smallest absolute Gasteiger partial charge is 0.220 e. The maximum Gasteiger partial charge on any atom is 0.220 e. The van der Waals surface area contributed by atoms with Crippen molar-refractivity contribution in [3.8, 4) is 5.75 Å². The Bertz CT molecular complexity index is 624. The van der Waals surface area contributed by atoms with Crippen molar-refractivity contribution in [1.82, 2.24) is 5.32 Å². The Morgan fingerprint density at radius 3 is 2.29 bits per heavy atom. The van der Waals surface area contributed by atoms with Crippen LogP contribution in [0.4, 0.5) is 0 Å². The predicted octanol–water partition coefficient (Wildman–Crippen LogP) is 3.42. The molecule has 0 bridgehead atoms. The topological polar surface area (TPSA) is 64.3 Å². The zero-order chi connectivity index (χ0) is 17.4. The lowest BCUT2D eigenvalue weighted by molar-refractivity contribution is -0.121. The van der Waals surface area contributed by atoms with Gasteiger partial charge in [-0.3, -0.25) is 4.79 Å². The van der Waals surface area contributed by atoms with Crippen LogP contribution in [0.2, 0.25) is 0 Å². The third-order valence-electron chi connectivity index (χ3n) is 3.79. The first-order valence-electron chi connectivity index (χ1n) is 8.42. The first-order chi connectivity index (χ1) is 11.6. The maximum atomic E-state index is 12.3. The molecule has 2 aromatic carbocycles. The number of amides is 1. The molecule has 2 rings (SSSR count). The molecule has 0 saturated carbocycles. The zero-order valence-electron chi connectivity index (χ0n) is 14.4. The van der Waals surface area contributed by atoms with E-state index in [9.17, 15) is 4.79 Å². The van der Waals surface area contributed by atoms with Crippen LogP contribution in [-0.4, -0.2) is 18.6 Å². The molecule has 0 aromatic heterocycles. The molecule has 0 spiro atoms. The molecule has 4 heteroatoms. The summed E-state index contributed by atoms with van der Waals surface area (Å²) in [5.41, 5.74) is 7.82. The molecule has 0 saturated heterocycles. The third-order valence-corrected chi connectivity index (χ3v) is 3.79. The summed E-state index contributed by atoms with van der Waals surface area (Å²) in [4.78, 5) is 12.3. The van der Waals surface area contributed by atoms with E-state index < -0.39 is 0 Å². The van der Waals surface area contributed by atoms with E-state index >= 15 is 0 Å². The van der Waals surface area contributed by atoms with E-state index in [0.717, 1.165) is 16.9 Å². The van der Waals surface area contributed by atoms with Gasteiger partial charge >= 0.3 is 0 Å². The fourth-order valence-corrected chi connectivity index (χ4v) is 2.52. The van der Waals surface area contributed by atoms with Crippen molar-refractivity contribution in [2.24, 2.45) is 5.73 Å². The monoisotopic (exact) mass is 326 g/mol. The SMILES string of the molecule is CCOc1ccc(C(NC(=O)CCC(C)N)c2ccccc2)cc1. The van der Waals surface area contributed by atoms with Crippen molar-refractivity contribution in [3.05, 3.63) is 65.7 Å². The van der Waals surface area contributed by atoms with Gasteiger partial charge in [-0.25, -0.2) is 0 Å². The minimum Gasteiger partial charge on any atom is -0.494 e. The second kappa shape index (κ2) is 9.08. The highest BCUT2D eigenvalue weighted by molar-refractivity contribution is 5.77. The predicted molar refractivity (Wildman–Crippen MR) is 96.9 cm³/mol. The van der Waals surface area contributed by atoms with E-state index in [-0.39, 0.29) is 18.0 Å². The third kappa shape index (κ3) is 5.39. The van der Waals surface area contributed by atoms with Crippen molar-refractivity contribution >= 4 is 5.91 Å². The Hall–Kier alpha value is -2.33. The van der Waals surface area contributed by atoms with Gasteiger partial charge in [0.1, 0.15) is 5.75 Å². The van der Waals surface area contributed by atoms with Gasteiger partial charge in [-0.15, -0.1) is 0 Å². The van der Waals surface area contributed by atoms with E-state index in [4.69, 9.17) is 10.5 Å². The Morgan fingerprint density at radius 1 is 1.08 bits per heavy atom. The zero-order valence-corrected chi connectivity index (χ0v) is 14.4. The molecule has 2 unspecified atom stereocenters. The molecule has 3 N–H and O–H groups in total. The first-order valence-corrected chi connectivity index (χ1v) is 8.42. The number of benzene rings is 2. The van der Waals surface area contributed by atoms with Crippen LogP contribution in [0.1, 0.15) is 43.9 Å². The fraction of sp³-hybridized carbons (Fsp3) is 0.350. The number of nitrogens with one attached hydrogen (secondary N) is 1. The van der Waals surface area contributed by atoms with Crippen LogP contribution in [0.3, 0.4) is 0 Å². The van der Waals surface area contributed by atoms with E-state index in [1.54, 1.807) is 0 Å². The summed E-state index contributed by atoms with van der Waals surface area (Å²) in [6.45, 7) is 4.50. The molecule has 0 aliphatic carbocycles. The van der Waals surface area contributed by atoms with Crippen LogP contribution < -0.4 is 15.8 Å². The summed E-state index contributed by atoms with van der Waals surface area (Å²) in [5, 5.41) is 3.12. The summed E-state index contributed by atoms with van der Waals surface area (Å²) in [5.74, 6) is 0.839. The lowest BCUT2D eigenvalue weighted by atomic mass is 9.98. The largest absolute Gasteiger partial charge is 0.494 e. The molecule has 0 radical (unpaired) electrons. The molecule has 0 aliphatic rings. The Labute approximate surface area is 144 Å². The van der Waals surface area contributed by atoms with Gasteiger partial charge in [-0.2, -0.15) is 0 Å². The quantitative estimate of drug-likeness (QED) is 0.781. The van der Waals surface area contributed by atoms with Crippen LogP contribution in [0.5, 0.6) is 5.75 Å². The van der Waals surface area contributed by atoms with E-state index in [0.29, 0.717) is 19.4 Å². The molecule has 0 heterocycles. The molecule has 24 heavy (non-hydrogen) atoms.